The molecule has 0 saturated heterocycles. The van der Waals surface area contributed by atoms with E-state index in [9.17, 15) is 22.8 Å². The van der Waals surface area contributed by atoms with E-state index in [1.54, 1.807) is 26.0 Å². The van der Waals surface area contributed by atoms with Crippen molar-refractivity contribution in [1.82, 2.24) is 0 Å². The molecule has 158 valence electrons. The Kier molecular flexibility index (Phi) is 7.62. The van der Waals surface area contributed by atoms with Gasteiger partial charge in [0, 0.05) is 35.5 Å². The quantitative estimate of drug-likeness (QED) is 0.415. The molecule has 0 radical (unpaired) electrons. The Morgan fingerprint density at radius 3 is 2.00 bits per heavy atom. The summed E-state index contributed by atoms with van der Waals surface area (Å²) in [6, 6.07) is 12.4. The van der Waals surface area contributed by atoms with E-state index >= 15 is 0 Å². The highest BCUT2D eigenvalue weighted by Gasteiger charge is 2.21. The summed E-state index contributed by atoms with van der Waals surface area (Å²) >= 11 is 0. The smallest absolute Gasteiger partial charge is 0.189 e. The number of ketones is 3. The molecule has 0 N–H and O–H groups in total. The molecule has 30 heavy (non-hydrogen) atoms. The van der Waals surface area contributed by atoms with Crippen LogP contribution in [-0.2, 0) is 14.6 Å². The van der Waals surface area contributed by atoms with E-state index in [1.165, 1.54) is 36.4 Å². The van der Waals surface area contributed by atoms with Crippen LogP contribution in [0.15, 0.2) is 65.6 Å². The third kappa shape index (κ3) is 5.83. The summed E-state index contributed by atoms with van der Waals surface area (Å²) in [6.45, 7) is 8.99. The Labute approximate surface area is 177 Å². The molecule has 6 heteroatoms. The van der Waals surface area contributed by atoms with E-state index in [2.05, 4.69) is 6.58 Å². The molecule has 2 aromatic carbocycles. The van der Waals surface area contributed by atoms with Gasteiger partial charge in [0.2, 0.25) is 0 Å². The molecule has 0 bridgehead atoms. The van der Waals surface area contributed by atoms with Gasteiger partial charge in [0.05, 0.1) is 10.6 Å². The molecule has 0 aliphatic heterocycles. The van der Waals surface area contributed by atoms with E-state index in [-0.39, 0.29) is 39.9 Å². The number of carbonyl (C=O) groups excluding carboxylic acids is 3. The Hall–Kier alpha value is -2.86. The molecule has 0 saturated carbocycles. The molecule has 0 fully saturated rings. The van der Waals surface area contributed by atoms with Gasteiger partial charge in [0.15, 0.2) is 21.4 Å². The van der Waals surface area contributed by atoms with Crippen molar-refractivity contribution >= 4 is 27.2 Å². The lowest BCUT2D eigenvalue weighted by molar-refractivity contribution is -0.122. The first-order chi connectivity index (χ1) is 14.0. The highest BCUT2D eigenvalue weighted by molar-refractivity contribution is 7.91. The minimum Gasteiger partial charge on any atom is -0.299 e. The Bertz CT molecular complexity index is 1060. The zero-order chi connectivity index (χ0) is 22.5. The first-order valence-electron chi connectivity index (χ1n) is 9.73. The summed E-state index contributed by atoms with van der Waals surface area (Å²) in [5, 5.41) is 0. The maximum atomic E-state index is 12.6. The van der Waals surface area contributed by atoms with Crippen LogP contribution >= 0.6 is 0 Å². The molecule has 1 unspecified atom stereocenters. The predicted molar refractivity (Wildman–Crippen MR) is 117 cm³/mol. The van der Waals surface area contributed by atoms with Crippen molar-refractivity contribution in [3.8, 4) is 0 Å². The average Bonchev–Trinajstić information content (AvgIpc) is 2.72. The van der Waals surface area contributed by atoms with Gasteiger partial charge >= 0.3 is 0 Å². The van der Waals surface area contributed by atoms with Crippen molar-refractivity contribution in [3.05, 3.63) is 77.4 Å². The standard InChI is InChI=1S/C24H26O5S/c1-5-22(25)17(3)14-23(26)19-8-10-20(11-9-19)24(27)18(4)15-30(28,29)21-12-6-16(2)7-13-21/h6-13,17H,4-5,14-15H2,1-3H3. The van der Waals surface area contributed by atoms with Crippen LogP contribution in [-0.4, -0.2) is 31.5 Å². The molecular formula is C24H26O5S. The second kappa shape index (κ2) is 9.76. The van der Waals surface area contributed by atoms with Crippen LogP contribution in [0.4, 0.5) is 0 Å². The first-order valence-corrected chi connectivity index (χ1v) is 11.4. The number of benzene rings is 2. The number of aryl methyl sites for hydroxylation is 1. The minimum atomic E-state index is -3.68. The summed E-state index contributed by atoms with van der Waals surface area (Å²) in [4.78, 5) is 36.7. The molecule has 5 nitrogen and oxygen atoms in total. The Balaban J connectivity index is 2.08. The van der Waals surface area contributed by atoms with Crippen molar-refractivity contribution < 1.29 is 22.8 Å². The van der Waals surface area contributed by atoms with Crippen molar-refractivity contribution in [3.63, 3.8) is 0 Å². The highest BCUT2D eigenvalue weighted by atomic mass is 32.2. The largest absolute Gasteiger partial charge is 0.299 e. The number of hydrogen-bond acceptors (Lipinski definition) is 5. The minimum absolute atomic E-state index is 0.0289. The van der Waals surface area contributed by atoms with Crippen LogP contribution in [0.5, 0.6) is 0 Å². The zero-order valence-corrected chi connectivity index (χ0v) is 18.3. The lowest BCUT2D eigenvalue weighted by Crippen LogP contribution is -2.16. The summed E-state index contributed by atoms with van der Waals surface area (Å²) < 4.78 is 25.1. The van der Waals surface area contributed by atoms with Crippen LogP contribution < -0.4 is 0 Å². The first kappa shape index (κ1) is 23.4. The Morgan fingerprint density at radius 1 is 0.933 bits per heavy atom. The number of hydrogen-bond donors (Lipinski definition) is 0. The van der Waals surface area contributed by atoms with Gasteiger partial charge in [-0.1, -0.05) is 62.4 Å². The van der Waals surface area contributed by atoms with Crippen molar-refractivity contribution in [2.75, 3.05) is 5.75 Å². The Morgan fingerprint density at radius 2 is 1.47 bits per heavy atom. The van der Waals surface area contributed by atoms with E-state index < -0.39 is 21.4 Å². The fraction of sp³-hybridized carbons (Fsp3) is 0.292. The van der Waals surface area contributed by atoms with Crippen molar-refractivity contribution in [2.45, 2.75) is 38.5 Å². The lowest BCUT2D eigenvalue weighted by Gasteiger charge is -2.09. The van der Waals surface area contributed by atoms with Gasteiger partial charge in [-0.25, -0.2) is 8.42 Å². The van der Waals surface area contributed by atoms with Gasteiger partial charge in [-0.15, -0.1) is 0 Å². The fourth-order valence-corrected chi connectivity index (χ4v) is 4.30. The molecule has 1 atom stereocenters. The molecule has 0 amide bonds. The maximum absolute atomic E-state index is 12.6. The van der Waals surface area contributed by atoms with Gasteiger partial charge in [-0.2, -0.15) is 0 Å². The molecule has 0 aliphatic rings. The molecule has 0 aromatic heterocycles. The van der Waals surface area contributed by atoms with Crippen LogP contribution in [0.3, 0.4) is 0 Å². The molecule has 2 aromatic rings. The fourth-order valence-electron chi connectivity index (χ4n) is 2.99. The molecule has 0 aliphatic carbocycles. The zero-order valence-electron chi connectivity index (χ0n) is 17.5. The highest BCUT2D eigenvalue weighted by Crippen LogP contribution is 2.18. The van der Waals surface area contributed by atoms with E-state index in [0.29, 0.717) is 12.0 Å². The van der Waals surface area contributed by atoms with Crippen molar-refractivity contribution in [1.29, 1.82) is 0 Å². The second-order valence-corrected chi connectivity index (χ2v) is 9.42. The number of rotatable bonds is 10. The molecule has 2 rings (SSSR count). The number of Topliss-reactive ketones (excluding diaryl/α,β-unsaturated/α-hetero) is 3. The van der Waals surface area contributed by atoms with E-state index in [1.807, 2.05) is 6.92 Å². The topological polar surface area (TPSA) is 85.3 Å². The average molecular weight is 427 g/mol. The summed E-state index contributed by atoms with van der Waals surface area (Å²) in [7, 11) is -3.68. The SMILES string of the molecule is C=C(CS(=O)(=O)c1ccc(C)cc1)C(=O)c1ccc(C(=O)CC(C)C(=O)CC)cc1. The van der Waals surface area contributed by atoms with Gasteiger partial charge in [-0.05, 0) is 19.1 Å². The summed E-state index contributed by atoms with van der Waals surface area (Å²) in [5.41, 5.74) is 1.55. The van der Waals surface area contributed by atoms with Crippen LogP contribution in [0.25, 0.3) is 0 Å². The molecular weight excluding hydrogens is 400 g/mol. The maximum Gasteiger partial charge on any atom is 0.189 e. The lowest BCUT2D eigenvalue weighted by atomic mass is 9.94. The number of carbonyl (C=O) groups is 3. The predicted octanol–water partition coefficient (Wildman–Crippen LogP) is 4.40. The van der Waals surface area contributed by atoms with Gasteiger partial charge in [0.25, 0.3) is 0 Å². The summed E-state index contributed by atoms with van der Waals surface area (Å²) in [6.07, 6.45) is 0.497. The monoisotopic (exact) mass is 426 g/mol. The van der Waals surface area contributed by atoms with Gasteiger partial charge in [-0.3, -0.25) is 14.4 Å². The van der Waals surface area contributed by atoms with E-state index in [0.717, 1.165) is 5.56 Å². The number of sulfone groups is 1. The third-order valence-corrected chi connectivity index (χ3v) is 6.64. The van der Waals surface area contributed by atoms with E-state index in [4.69, 9.17) is 0 Å². The van der Waals surface area contributed by atoms with Gasteiger partial charge < -0.3 is 0 Å². The molecule has 0 heterocycles. The summed E-state index contributed by atoms with van der Waals surface area (Å²) in [5.74, 6) is -1.47. The molecule has 0 spiro atoms. The normalized spacial score (nSPS) is 12.2. The van der Waals surface area contributed by atoms with Crippen LogP contribution in [0.2, 0.25) is 0 Å². The van der Waals surface area contributed by atoms with Crippen LogP contribution in [0.1, 0.15) is 53.0 Å². The third-order valence-electron chi connectivity index (χ3n) is 4.92. The van der Waals surface area contributed by atoms with Crippen molar-refractivity contribution in [2.24, 2.45) is 5.92 Å². The second-order valence-electron chi connectivity index (χ2n) is 7.43. The van der Waals surface area contributed by atoms with Gasteiger partial charge in [0.1, 0.15) is 5.78 Å². The van der Waals surface area contributed by atoms with Crippen LogP contribution in [0, 0.1) is 12.8 Å².